The van der Waals surface area contributed by atoms with Crippen LogP contribution in [-0.4, -0.2) is 37.2 Å². The molecule has 3 unspecified atom stereocenters. The highest BCUT2D eigenvalue weighted by Crippen LogP contribution is 2.06. The van der Waals surface area contributed by atoms with E-state index in [2.05, 4.69) is 31.2 Å². The number of hydrogen-bond acceptors (Lipinski definition) is 2. The molecule has 11 heavy (non-hydrogen) atoms. The molecule has 3 atom stereocenters. The van der Waals surface area contributed by atoms with Gasteiger partial charge in [-0.1, -0.05) is 0 Å². The van der Waals surface area contributed by atoms with Crippen molar-refractivity contribution in [3.8, 4) is 0 Å². The molecule has 1 rings (SSSR count). The number of hydrogen-bond donors (Lipinski definition) is 2. The van der Waals surface area contributed by atoms with Crippen LogP contribution in [0.1, 0.15) is 19.8 Å². The summed E-state index contributed by atoms with van der Waals surface area (Å²) in [5.74, 6) is 0. The number of nitrogens with zero attached hydrogens (tertiary/aromatic N) is 1. The molecule has 4 N–H and O–H groups in total. The minimum absolute atomic E-state index is 0.405. The second-order valence-corrected chi connectivity index (χ2v) is 3.93. The second-order valence-electron chi connectivity index (χ2n) is 3.93. The predicted molar refractivity (Wildman–Crippen MR) is 46.1 cm³/mol. The SMILES string of the molecule is CC1CC(N)CC(N(C)C)[NH2+]1. The smallest absolute Gasteiger partial charge is 0.143 e. The van der Waals surface area contributed by atoms with Crippen LogP contribution >= 0.6 is 0 Å². The molecule has 0 amide bonds. The van der Waals surface area contributed by atoms with Gasteiger partial charge in [0.25, 0.3) is 0 Å². The first-order chi connectivity index (χ1) is 5.09. The molecule has 1 heterocycles. The zero-order valence-corrected chi connectivity index (χ0v) is 7.75. The van der Waals surface area contributed by atoms with E-state index in [0.717, 1.165) is 12.8 Å². The van der Waals surface area contributed by atoms with Crippen LogP contribution in [0.15, 0.2) is 0 Å². The third-order valence-corrected chi connectivity index (χ3v) is 2.43. The maximum atomic E-state index is 5.91. The first-order valence-electron chi connectivity index (χ1n) is 4.36. The lowest BCUT2D eigenvalue weighted by atomic mass is 9.99. The third-order valence-electron chi connectivity index (χ3n) is 2.43. The molecule has 3 nitrogen and oxygen atoms in total. The van der Waals surface area contributed by atoms with Crippen LogP contribution in [0.5, 0.6) is 0 Å². The lowest BCUT2D eigenvalue weighted by Gasteiger charge is -2.33. The Bertz CT molecular complexity index is 115. The monoisotopic (exact) mass is 158 g/mol. The van der Waals surface area contributed by atoms with Gasteiger partial charge in [-0.25, -0.2) is 0 Å². The Kier molecular flexibility index (Phi) is 2.87. The fraction of sp³-hybridized carbons (Fsp3) is 1.00. The van der Waals surface area contributed by atoms with E-state index in [4.69, 9.17) is 5.73 Å². The van der Waals surface area contributed by atoms with E-state index >= 15 is 0 Å². The number of piperidine rings is 1. The molecule has 0 aromatic heterocycles. The molecule has 1 aliphatic heterocycles. The molecular formula is C8H20N3+. The predicted octanol–water partition coefficient (Wildman–Crippen LogP) is -1.05. The number of rotatable bonds is 1. The van der Waals surface area contributed by atoms with E-state index < -0.39 is 0 Å². The van der Waals surface area contributed by atoms with E-state index in [0.29, 0.717) is 18.2 Å². The molecule has 0 aliphatic carbocycles. The summed E-state index contributed by atoms with van der Waals surface area (Å²) in [6.07, 6.45) is 2.87. The Balaban J connectivity index is 2.43. The van der Waals surface area contributed by atoms with E-state index in [1.54, 1.807) is 0 Å². The fourth-order valence-corrected chi connectivity index (χ4v) is 1.80. The molecule has 0 spiro atoms. The highest BCUT2D eigenvalue weighted by atomic mass is 15.2. The summed E-state index contributed by atoms with van der Waals surface area (Å²) in [5, 5.41) is 2.41. The second kappa shape index (κ2) is 3.52. The summed E-state index contributed by atoms with van der Waals surface area (Å²) in [6, 6.07) is 1.09. The van der Waals surface area contributed by atoms with Crippen molar-refractivity contribution in [1.82, 2.24) is 4.90 Å². The van der Waals surface area contributed by atoms with E-state index in [1.165, 1.54) is 0 Å². The van der Waals surface area contributed by atoms with E-state index in [9.17, 15) is 0 Å². The summed E-state index contributed by atoms with van der Waals surface area (Å²) in [4.78, 5) is 2.25. The summed E-state index contributed by atoms with van der Waals surface area (Å²) in [7, 11) is 4.23. The van der Waals surface area contributed by atoms with Crippen molar-refractivity contribution in [1.29, 1.82) is 0 Å². The molecule has 0 radical (unpaired) electrons. The van der Waals surface area contributed by atoms with Crippen LogP contribution < -0.4 is 11.1 Å². The van der Waals surface area contributed by atoms with Gasteiger partial charge in [-0.05, 0) is 21.0 Å². The molecule has 0 aromatic carbocycles. The van der Waals surface area contributed by atoms with Crippen LogP contribution in [0.3, 0.4) is 0 Å². The maximum absolute atomic E-state index is 5.91. The minimum atomic E-state index is 0.405. The molecule has 66 valence electrons. The van der Waals surface area contributed by atoms with Crippen LogP contribution in [0.2, 0.25) is 0 Å². The molecule has 1 saturated heterocycles. The molecule has 1 fully saturated rings. The van der Waals surface area contributed by atoms with Crippen molar-refractivity contribution in [3.63, 3.8) is 0 Å². The van der Waals surface area contributed by atoms with Crippen molar-refractivity contribution < 1.29 is 5.32 Å². The minimum Gasteiger partial charge on any atom is -0.329 e. The van der Waals surface area contributed by atoms with Crippen LogP contribution in [-0.2, 0) is 0 Å². The number of nitrogens with two attached hydrogens (primary N) is 2. The first-order valence-corrected chi connectivity index (χ1v) is 4.36. The summed E-state index contributed by atoms with van der Waals surface area (Å²) in [5.41, 5.74) is 5.91. The Labute approximate surface area is 68.9 Å². The van der Waals surface area contributed by atoms with Crippen LogP contribution in [0, 0.1) is 0 Å². The Morgan fingerprint density at radius 2 is 2.00 bits per heavy atom. The van der Waals surface area contributed by atoms with Crippen LogP contribution in [0.4, 0.5) is 0 Å². The molecule has 0 saturated carbocycles. The van der Waals surface area contributed by atoms with E-state index in [-0.39, 0.29) is 0 Å². The van der Waals surface area contributed by atoms with Gasteiger partial charge in [0.15, 0.2) is 0 Å². The zero-order valence-electron chi connectivity index (χ0n) is 7.75. The fourth-order valence-electron chi connectivity index (χ4n) is 1.80. The zero-order chi connectivity index (χ0) is 8.43. The van der Waals surface area contributed by atoms with Crippen LogP contribution in [0.25, 0.3) is 0 Å². The largest absolute Gasteiger partial charge is 0.329 e. The van der Waals surface area contributed by atoms with Crippen molar-refractivity contribution >= 4 is 0 Å². The average molecular weight is 158 g/mol. The van der Waals surface area contributed by atoms with Gasteiger partial charge >= 0.3 is 0 Å². The van der Waals surface area contributed by atoms with Crippen molar-refractivity contribution in [3.05, 3.63) is 0 Å². The lowest BCUT2D eigenvalue weighted by Crippen LogP contribution is -2.99. The number of quaternary nitrogens is 1. The van der Waals surface area contributed by atoms with Gasteiger partial charge in [-0.3, -0.25) is 4.90 Å². The van der Waals surface area contributed by atoms with Gasteiger partial charge in [0.2, 0.25) is 0 Å². The molecule has 0 bridgehead atoms. The quantitative estimate of drug-likeness (QED) is 0.511. The summed E-state index contributed by atoms with van der Waals surface area (Å²) in [6.45, 7) is 2.25. The van der Waals surface area contributed by atoms with Gasteiger partial charge < -0.3 is 11.1 Å². The Morgan fingerprint density at radius 1 is 1.36 bits per heavy atom. The molecule has 0 aromatic rings. The topological polar surface area (TPSA) is 45.9 Å². The average Bonchev–Trinajstić information content (AvgIpc) is 1.85. The van der Waals surface area contributed by atoms with Gasteiger partial charge in [0.05, 0.1) is 6.04 Å². The molecular weight excluding hydrogens is 138 g/mol. The normalized spacial score (nSPS) is 39.5. The van der Waals surface area contributed by atoms with Gasteiger partial charge in [-0.15, -0.1) is 0 Å². The Morgan fingerprint density at radius 3 is 2.45 bits per heavy atom. The van der Waals surface area contributed by atoms with E-state index in [1.807, 2.05) is 0 Å². The van der Waals surface area contributed by atoms with Crippen molar-refractivity contribution in [2.75, 3.05) is 14.1 Å². The standard InChI is InChI=1S/C8H19N3/c1-6-4-7(9)5-8(10-6)11(2)3/h6-8,10H,4-5,9H2,1-3H3/p+1. The Hall–Kier alpha value is -0.120. The molecule has 1 aliphatic rings. The lowest BCUT2D eigenvalue weighted by molar-refractivity contribution is -0.744. The van der Waals surface area contributed by atoms with Gasteiger partial charge in [0.1, 0.15) is 6.17 Å². The van der Waals surface area contributed by atoms with Crippen molar-refractivity contribution in [2.45, 2.75) is 38.0 Å². The highest BCUT2D eigenvalue weighted by molar-refractivity contribution is 4.72. The maximum Gasteiger partial charge on any atom is 0.143 e. The van der Waals surface area contributed by atoms with Gasteiger partial charge in [0, 0.05) is 18.9 Å². The highest BCUT2D eigenvalue weighted by Gasteiger charge is 2.27. The first kappa shape index (κ1) is 8.97. The molecule has 3 heteroatoms. The van der Waals surface area contributed by atoms with Crippen molar-refractivity contribution in [2.24, 2.45) is 5.73 Å². The summed E-state index contributed by atoms with van der Waals surface area (Å²) < 4.78 is 0. The third kappa shape index (κ3) is 2.43. The van der Waals surface area contributed by atoms with Gasteiger partial charge in [-0.2, -0.15) is 0 Å². The summed E-state index contributed by atoms with van der Waals surface area (Å²) >= 11 is 0.